The quantitative estimate of drug-likeness (QED) is 0.545. The number of aromatic amines is 1. The van der Waals surface area contributed by atoms with Crippen LogP contribution >= 0.6 is 11.6 Å². The van der Waals surface area contributed by atoms with Crippen LogP contribution in [0.1, 0.15) is 5.56 Å². The molecular formula is C22H22ClN5O. The highest BCUT2D eigenvalue weighted by Gasteiger charge is 2.22. The van der Waals surface area contributed by atoms with Gasteiger partial charge in [-0.25, -0.2) is 9.97 Å². The molecule has 2 aromatic carbocycles. The lowest BCUT2D eigenvalue weighted by Gasteiger charge is -2.37. The van der Waals surface area contributed by atoms with Crippen molar-refractivity contribution >= 4 is 45.0 Å². The van der Waals surface area contributed by atoms with Gasteiger partial charge in [-0.15, -0.1) is 0 Å². The van der Waals surface area contributed by atoms with Crippen LogP contribution in [0.4, 0.5) is 11.5 Å². The molecule has 2 aromatic heterocycles. The number of fused-ring (bicyclic) bond motifs is 3. The molecule has 0 radical (unpaired) electrons. The lowest BCUT2D eigenvalue weighted by molar-refractivity contribution is 0.415. The molecule has 0 saturated carbocycles. The molecule has 1 saturated heterocycles. The number of rotatable bonds is 3. The molecule has 4 aromatic rings. The summed E-state index contributed by atoms with van der Waals surface area (Å²) < 4.78 is 5.36. The van der Waals surface area contributed by atoms with E-state index >= 15 is 0 Å². The molecular weight excluding hydrogens is 386 g/mol. The first-order valence-corrected chi connectivity index (χ1v) is 10.1. The molecule has 0 atom stereocenters. The van der Waals surface area contributed by atoms with E-state index in [-0.39, 0.29) is 0 Å². The molecule has 1 aliphatic heterocycles. The molecule has 7 heteroatoms. The summed E-state index contributed by atoms with van der Waals surface area (Å²) in [4.78, 5) is 17.4. The average molecular weight is 408 g/mol. The van der Waals surface area contributed by atoms with Gasteiger partial charge in [-0.2, -0.15) is 0 Å². The minimum absolute atomic E-state index is 0.777. The highest BCUT2D eigenvalue weighted by molar-refractivity contribution is 6.30. The van der Waals surface area contributed by atoms with Crippen LogP contribution in [0.3, 0.4) is 0 Å². The van der Waals surface area contributed by atoms with Crippen molar-refractivity contribution in [1.29, 1.82) is 0 Å². The Bertz CT molecular complexity index is 1200. The second-order valence-electron chi connectivity index (χ2n) is 7.36. The maximum atomic E-state index is 6.22. The van der Waals surface area contributed by atoms with Gasteiger partial charge in [0, 0.05) is 48.3 Å². The molecule has 29 heavy (non-hydrogen) atoms. The molecule has 0 aliphatic carbocycles. The van der Waals surface area contributed by atoms with E-state index in [1.54, 1.807) is 13.4 Å². The monoisotopic (exact) mass is 407 g/mol. The maximum absolute atomic E-state index is 6.22. The highest BCUT2D eigenvalue weighted by atomic mass is 35.5. The molecule has 1 N–H and O–H groups in total. The molecule has 1 fully saturated rings. The molecule has 148 valence electrons. The van der Waals surface area contributed by atoms with E-state index in [9.17, 15) is 0 Å². The Kier molecular flexibility index (Phi) is 4.43. The minimum Gasteiger partial charge on any atom is -0.497 e. The summed E-state index contributed by atoms with van der Waals surface area (Å²) in [5, 5.41) is 1.86. The number of aryl methyl sites for hydroxylation is 1. The summed E-state index contributed by atoms with van der Waals surface area (Å²) in [6.45, 7) is 5.74. The zero-order chi connectivity index (χ0) is 20.0. The Labute approximate surface area is 174 Å². The zero-order valence-corrected chi connectivity index (χ0v) is 17.2. The molecule has 0 unspecified atom stereocenters. The van der Waals surface area contributed by atoms with E-state index in [1.807, 2.05) is 24.3 Å². The highest BCUT2D eigenvalue weighted by Crippen LogP contribution is 2.32. The van der Waals surface area contributed by atoms with Crippen molar-refractivity contribution < 1.29 is 4.74 Å². The average Bonchev–Trinajstić information content (AvgIpc) is 3.13. The molecule has 5 rings (SSSR count). The lowest BCUT2D eigenvalue weighted by Crippen LogP contribution is -2.47. The van der Waals surface area contributed by atoms with E-state index in [4.69, 9.17) is 16.3 Å². The first-order valence-electron chi connectivity index (χ1n) is 9.70. The molecule has 0 bridgehead atoms. The Morgan fingerprint density at radius 1 is 1.00 bits per heavy atom. The van der Waals surface area contributed by atoms with E-state index in [1.165, 1.54) is 11.3 Å². The van der Waals surface area contributed by atoms with Gasteiger partial charge in [0.25, 0.3) is 0 Å². The SMILES string of the molecule is COc1ccc2c(c1)[nH]c1c(N3CCN(c4cc(Cl)ccc4C)CC3)ncnc12. The summed E-state index contributed by atoms with van der Waals surface area (Å²) in [7, 11) is 1.68. The van der Waals surface area contributed by atoms with Gasteiger partial charge in [0.05, 0.1) is 12.6 Å². The number of aromatic nitrogens is 3. The van der Waals surface area contributed by atoms with E-state index < -0.39 is 0 Å². The third-order valence-electron chi connectivity index (χ3n) is 5.66. The number of piperazine rings is 1. The van der Waals surface area contributed by atoms with Crippen LogP contribution in [-0.4, -0.2) is 48.2 Å². The normalized spacial score (nSPS) is 14.7. The largest absolute Gasteiger partial charge is 0.497 e. The van der Waals surface area contributed by atoms with Crippen molar-refractivity contribution in [2.75, 3.05) is 43.1 Å². The van der Waals surface area contributed by atoms with Gasteiger partial charge in [-0.3, -0.25) is 0 Å². The second-order valence-corrected chi connectivity index (χ2v) is 7.80. The fourth-order valence-electron chi connectivity index (χ4n) is 4.11. The van der Waals surface area contributed by atoms with Crippen molar-refractivity contribution in [3.8, 4) is 5.75 Å². The number of ether oxygens (including phenoxy) is 1. The van der Waals surface area contributed by atoms with Crippen LogP contribution in [-0.2, 0) is 0 Å². The molecule has 0 spiro atoms. The fourth-order valence-corrected chi connectivity index (χ4v) is 4.28. The van der Waals surface area contributed by atoms with Crippen molar-refractivity contribution in [2.24, 2.45) is 0 Å². The Morgan fingerprint density at radius 2 is 1.79 bits per heavy atom. The predicted molar refractivity (Wildman–Crippen MR) is 119 cm³/mol. The second kappa shape index (κ2) is 7.12. The van der Waals surface area contributed by atoms with Gasteiger partial charge in [0.15, 0.2) is 5.82 Å². The van der Waals surface area contributed by atoms with Crippen LogP contribution in [0.15, 0.2) is 42.7 Å². The van der Waals surface area contributed by atoms with Crippen molar-refractivity contribution in [3.05, 3.63) is 53.3 Å². The van der Waals surface area contributed by atoms with Crippen LogP contribution in [0.25, 0.3) is 21.9 Å². The Hall–Kier alpha value is -2.99. The number of hydrogen-bond donors (Lipinski definition) is 1. The summed E-state index contributed by atoms with van der Waals surface area (Å²) in [5.41, 5.74) is 5.39. The number of nitrogens with one attached hydrogen (secondary N) is 1. The van der Waals surface area contributed by atoms with Gasteiger partial charge in [-0.1, -0.05) is 17.7 Å². The zero-order valence-electron chi connectivity index (χ0n) is 16.4. The summed E-state index contributed by atoms with van der Waals surface area (Å²) >= 11 is 6.22. The first-order chi connectivity index (χ1) is 14.1. The number of hydrogen-bond acceptors (Lipinski definition) is 5. The molecule has 1 aliphatic rings. The minimum atomic E-state index is 0.777. The summed E-state index contributed by atoms with van der Waals surface area (Å²) in [6, 6.07) is 12.1. The number of methoxy groups -OCH3 is 1. The first kappa shape index (κ1) is 18.1. The van der Waals surface area contributed by atoms with E-state index in [0.29, 0.717) is 0 Å². The number of halogens is 1. The van der Waals surface area contributed by atoms with Crippen LogP contribution < -0.4 is 14.5 Å². The van der Waals surface area contributed by atoms with Crippen molar-refractivity contribution in [1.82, 2.24) is 15.0 Å². The van der Waals surface area contributed by atoms with E-state index in [0.717, 1.165) is 64.7 Å². The maximum Gasteiger partial charge on any atom is 0.156 e. The Morgan fingerprint density at radius 3 is 2.59 bits per heavy atom. The summed E-state index contributed by atoms with van der Waals surface area (Å²) in [5.74, 6) is 1.77. The molecule has 6 nitrogen and oxygen atoms in total. The fraction of sp³-hybridized carbons (Fsp3) is 0.273. The summed E-state index contributed by atoms with van der Waals surface area (Å²) in [6.07, 6.45) is 1.66. The van der Waals surface area contributed by atoms with Gasteiger partial charge >= 0.3 is 0 Å². The lowest BCUT2D eigenvalue weighted by atomic mass is 10.1. The standard InChI is InChI=1S/C22H22ClN5O/c1-14-3-4-15(23)11-19(14)27-7-9-28(10-8-27)22-21-20(24-13-25-22)17-6-5-16(29-2)12-18(17)26-21/h3-6,11-13,26H,7-10H2,1-2H3. The van der Waals surface area contributed by atoms with Gasteiger partial charge < -0.3 is 19.5 Å². The van der Waals surface area contributed by atoms with Crippen LogP contribution in [0.2, 0.25) is 5.02 Å². The Balaban J connectivity index is 1.45. The third-order valence-corrected chi connectivity index (χ3v) is 5.89. The van der Waals surface area contributed by atoms with Crippen molar-refractivity contribution in [2.45, 2.75) is 6.92 Å². The van der Waals surface area contributed by atoms with Gasteiger partial charge in [0.2, 0.25) is 0 Å². The van der Waals surface area contributed by atoms with Gasteiger partial charge in [-0.05, 0) is 36.8 Å². The van der Waals surface area contributed by atoms with Crippen LogP contribution in [0.5, 0.6) is 5.75 Å². The molecule has 3 heterocycles. The van der Waals surface area contributed by atoms with E-state index in [2.05, 4.69) is 43.8 Å². The van der Waals surface area contributed by atoms with Gasteiger partial charge in [0.1, 0.15) is 23.1 Å². The number of benzene rings is 2. The number of H-pyrrole nitrogens is 1. The number of nitrogens with zero attached hydrogens (tertiary/aromatic N) is 4. The smallest absolute Gasteiger partial charge is 0.156 e. The number of anilines is 2. The predicted octanol–water partition coefficient (Wildman–Crippen LogP) is 4.41. The van der Waals surface area contributed by atoms with Crippen molar-refractivity contribution in [3.63, 3.8) is 0 Å². The van der Waals surface area contributed by atoms with Crippen LogP contribution in [0, 0.1) is 6.92 Å². The third kappa shape index (κ3) is 3.13. The topological polar surface area (TPSA) is 57.3 Å². The molecule has 0 amide bonds.